The number of fused-ring (bicyclic) bond motifs is 4. The lowest BCUT2D eigenvalue weighted by Crippen LogP contribution is -2.23. The number of hydrogen-bond donors (Lipinski definition) is 0. The van der Waals surface area contributed by atoms with Gasteiger partial charge in [-0.05, 0) is 88.0 Å². The highest BCUT2D eigenvalue weighted by molar-refractivity contribution is 6.24. The summed E-state index contributed by atoms with van der Waals surface area (Å²) in [6.07, 6.45) is 0. The first-order chi connectivity index (χ1) is 22.1. The van der Waals surface area contributed by atoms with E-state index in [4.69, 9.17) is 0 Å². The van der Waals surface area contributed by atoms with Gasteiger partial charge in [0.05, 0.1) is 0 Å². The van der Waals surface area contributed by atoms with Crippen LogP contribution >= 0.6 is 0 Å². The first-order valence-electron chi connectivity index (χ1n) is 15.9. The minimum absolute atomic E-state index is 0.0817. The van der Waals surface area contributed by atoms with Crippen molar-refractivity contribution in [3.05, 3.63) is 169 Å². The maximum atomic E-state index is 2.37. The average molecular weight is 573 g/mol. The maximum absolute atomic E-state index is 2.37. The van der Waals surface area contributed by atoms with Crippen molar-refractivity contribution in [2.75, 3.05) is 0 Å². The Kier molecular flexibility index (Phi) is 5.64. The minimum atomic E-state index is -0.0817. The van der Waals surface area contributed by atoms with Gasteiger partial charge >= 0.3 is 0 Å². The third kappa shape index (κ3) is 3.79. The molecule has 212 valence electrons. The van der Waals surface area contributed by atoms with E-state index >= 15 is 0 Å². The van der Waals surface area contributed by atoms with Gasteiger partial charge in [0, 0.05) is 5.41 Å². The Hall–Kier alpha value is -5.46. The molecule has 0 atom stereocenters. The molecule has 0 aromatic heterocycles. The van der Waals surface area contributed by atoms with Crippen LogP contribution in [0.5, 0.6) is 0 Å². The van der Waals surface area contributed by atoms with Crippen molar-refractivity contribution in [3.63, 3.8) is 0 Å². The van der Waals surface area contributed by atoms with Crippen LogP contribution in [-0.4, -0.2) is 0 Å². The second-order valence-corrected chi connectivity index (χ2v) is 12.8. The highest BCUT2D eigenvalue weighted by Crippen LogP contribution is 2.52. The lowest BCUT2D eigenvalue weighted by molar-refractivity contribution is 0.645. The van der Waals surface area contributed by atoms with Crippen LogP contribution in [0.25, 0.3) is 76.8 Å². The summed E-state index contributed by atoms with van der Waals surface area (Å²) in [6.45, 7) is 4.75. The molecule has 0 bridgehead atoms. The molecule has 0 saturated heterocycles. The quantitative estimate of drug-likeness (QED) is 0.185. The van der Waals surface area contributed by atoms with Crippen molar-refractivity contribution < 1.29 is 0 Å². The molecule has 1 aliphatic rings. The lowest BCUT2D eigenvalue weighted by atomic mass is 9.68. The Balaban J connectivity index is 1.34. The third-order valence-corrected chi connectivity index (χ3v) is 10.1. The molecule has 0 amide bonds. The Bertz CT molecular complexity index is 2370. The van der Waals surface area contributed by atoms with Gasteiger partial charge in [-0.3, -0.25) is 0 Å². The van der Waals surface area contributed by atoms with Gasteiger partial charge in [0.15, 0.2) is 0 Å². The molecule has 0 nitrogen and oxygen atoms in total. The standard InChI is InChI=1S/C45H32/c1-45(2)40-21-11-10-15-32(40)38-27-28-39(37-20-12-22-41(45)44(37)38)43-35-18-8-6-16-33(35)42(34-17-7-9-19-36(34)43)31-25-23-30(24-26-31)29-13-4-3-5-14-29/h3-28H,1-2H3. The van der Waals surface area contributed by atoms with Crippen LogP contribution in [0.2, 0.25) is 0 Å². The fourth-order valence-electron chi connectivity index (χ4n) is 7.97. The van der Waals surface area contributed by atoms with E-state index in [0.717, 1.165) is 0 Å². The van der Waals surface area contributed by atoms with Gasteiger partial charge < -0.3 is 0 Å². The van der Waals surface area contributed by atoms with Crippen LogP contribution in [0.4, 0.5) is 0 Å². The van der Waals surface area contributed by atoms with Crippen LogP contribution in [0.15, 0.2) is 158 Å². The minimum Gasteiger partial charge on any atom is -0.0622 e. The molecule has 8 aromatic carbocycles. The largest absolute Gasteiger partial charge is 0.0622 e. The van der Waals surface area contributed by atoms with E-state index < -0.39 is 0 Å². The first kappa shape index (κ1) is 26.0. The van der Waals surface area contributed by atoms with Crippen molar-refractivity contribution in [1.29, 1.82) is 0 Å². The van der Waals surface area contributed by atoms with Gasteiger partial charge in [-0.15, -0.1) is 0 Å². The van der Waals surface area contributed by atoms with E-state index in [2.05, 4.69) is 172 Å². The summed E-state index contributed by atoms with van der Waals surface area (Å²) in [6, 6.07) is 58.3. The molecule has 0 aliphatic heterocycles. The molecular formula is C45H32. The fourth-order valence-corrected chi connectivity index (χ4v) is 7.97. The zero-order valence-corrected chi connectivity index (χ0v) is 25.5. The Morgan fingerprint density at radius 3 is 1.49 bits per heavy atom. The van der Waals surface area contributed by atoms with E-state index in [1.165, 1.54) is 88.0 Å². The van der Waals surface area contributed by atoms with Gasteiger partial charge in [-0.2, -0.15) is 0 Å². The molecule has 1 aliphatic carbocycles. The Labute approximate surface area is 264 Å². The van der Waals surface area contributed by atoms with E-state index in [9.17, 15) is 0 Å². The Morgan fingerprint density at radius 1 is 0.311 bits per heavy atom. The molecule has 0 fully saturated rings. The molecule has 0 radical (unpaired) electrons. The molecule has 0 N–H and O–H groups in total. The summed E-state index contributed by atoms with van der Waals surface area (Å²) >= 11 is 0. The zero-order valence-electron chi connectivity index (χ0n) is 25.5. The van der Waals surface area contributed by atoms with Crippen LogP contribution in [0, 0.1) is 0 Å². The monoisotopic (exact) mass is 572 g/mol. The summed E-state index contributed by atoms with van der Waals surface area (Å²) in [5.41, 5.74) is 13.0. The number of rotatable bonds is 3. The molecule has 45 heavy (non-hydrogen) atoms. The topological polar surface area (TPSA) is 0 Å². The molecule has 0 saturated carbocycles. The summed E-state index contributed by atoms with van der Waals surface area (Å²) in [7, 11) is 0. The van der Waals surface area contributed by atoms with Gasteiger partial charge in [0.25, 0.3) is 0 Å². The smallest absolute Gasteiger partial charge is 0.0159 e. The molecule has 0 heterocycles. The predicted octanol–water partition coefficient (Wildman–Crippen LogP) is 12.5. The van der Waals surface area contributed by atoms with Crippen LogP contribution in [0.3, 0.4) is 0 Å². The maximum Gasteiger partial charge on any atom is 0.0159 e. The second-order valence-electron chi connectivity index (χ2n) is 12.8. The summed E-state index contributed by atoms with van der Waals surface area (Å²) in [5.74, 6) is 0. The van der Waals surface area contributed by atoms with Gasteiger partial charge in [0.2, 0.25) is 0 Å². The van der Waals surface area contributed by atoms with Gasteiger partial charge in [0.1, 0.15) is 0 Å². The van der Waals surface area contributed by atoms with E-state index in [0.29, 0.717) is 0 Å². The zero-order chi connectivity index (χ0) is 30.1. The van der Waals surface area contributed by atoms with Crippen molar-refractivity contribution in [3.8, 4) is 44.5 Å². The highest BCUT2D eigenvalue weighted by atomic mass is 14.4. The molecule has 0 heteroatoms. The van der Waals surface area contributed by atoms with Gasteiger partial charge in [-0.1, -0.05) is 172 Å². The first-order valence-corrected chi connectivity index (χ1v) is 15.9. The van der Waals surface area contributed by atoms with E-state index in [1.807, 2.05) is 0 Å². The number of benzene rings is 8. The lowest BCUT2D eigenvalue weighted by Gasteiger charge is -2.35. The van der Waals surface area contributed by atoms with Gasteiger partial charge in [-0.25, -0.2) is 0 Å². The molecule has 0 spiro atoms. The van der Waals surface area contributed by atoms with E-state index in [1.54, 1.807) is 0 Å². The number of hydrogen-bond acceptors (Lipinski definition) is 0. The fraction of sp³-hybridized carbons (Fsp3) is 0.0667. The third-order valence-electron chi connectivity index (χ3n) is 10.1. The van der Waals surface area contributed by atoms with Crippen molar-refractivity contribution in [2.45, 2.75) is 19.3 Å². The normalized spacial score (nSPS) is 13.3. The molecular weight excluding hydrogens is 540 g/mol. The highest BCUT2D eigenvalue weighted by Gasteiger charge is 2.33. The van der Waals surface area contributed by atoms with Crippen LogP contribution in [0.1, 0.15) is 25.0 Å². The molecule has 9 rings (SSSR count). The average Bonchev–Trinajstić information content (AvgIpc) is 3.10. The SMILES string of the molecule is CC1(C)c2ccccc2-c2ccc(-c3c4ccccc4c(-c4ccc(-c5ccccc5)cc4)c4ccccc34)c3cccc1c23. The van der Waals surface area contributed by atoms with Crippen molar-refractivity contribution in [2.24, 2.45) is 0 Å². The molecule has 0 unspecified atom stereocenters. The summed E-state index contributed by atoms with van der Waals surface area (Å²) in [5, 5.41) is 7.84. The van der Waals surface area contributed by atoms with Crippen LogP contribution < -0.4 is 0 Å². The molecule has 8 aromatic rings. The van der Waals surface area contributed by atoms with E-state index in [-0.39, 0.29) is 5.41 Å². The van der Waals surface area contributed by atoms with Crippen LogP contribution in [-0.2, 0) is 5.41 Å². The summed E-state index contributed by atoms with van der Waals surface area (Å²) < 4.78 is 0. The van der Waals surface area contributed by atoms with Crippen molar-refractivity contribution in [1.82, 2.24) is 0 Å². The summed E-state index contributed by atoms with van der Waals surface area (Å²) in [4.78, 5) is 0. The Morgan fingerprint density at radius 2 is 0.800 bits per heavy atom. The predicted molar refractivity (Wildman–Crippen MR) is 193 cm³/mol. The van der Waals surface area contributed by atoms with Crippen molar-refractivity contribution >= 4 is 32.3 Å². The second kappa shape index (κ2) is 9.78.